The molecule has 1 fully saturated rings. The molecule has 120 valence electrons. The molecular formula is C17H36N2O. The number of nitrogens with one attached hydrogen (secondary N) is 1. The van der Waals surface area contributed by atoms with E-state index in [1.165, 1.54) is 58.2 Å². The van der Waals surface area contributed by atoms with Crippen LogP contribution in [-0.2, 0) is 4.74 Å². The van der Waals surface area contributed by atoms with Crippen LogP contribution in [0, 0.1) is 5.92 Å². The van der Waals surface area contributed by atoms with Crippen LogP contribution in [0.15, 0.2) is 0 Å². The Bertz CT molecular complexity index is 209. The van der Waals surface area contributed by atoms with Crippen LogP contribution < -0.4 is 5.32 Å². The molecule has 0 aromatic carbocycles. The van der Waals surface area contributed by atoms with Gasteiger partial charge in [-0.05, 0) is 45.3 Å². The van der Waals surface area contributed by atoms with Crippen molar-refractivity contribution < 1.29 is 4.74 Å². The summed E-state index contributed by atoms with van der Waals surface area (Å²) in [6.07, 6.45) is 7.69. The zero-order valence-electron chi connectivity index (χ0n) is 14.0. The van der Waals surface area contributed by atoms with Gasteiger partial charge in [0.05, 0.1) is 6.61 Å². The van der Waals surface area contributed by atoms with Crippen LogP contribution >= 0.6 is 0 Å². The summed E-state index contributed by atoms with van der Waals surface area (Å²) in [6, 6.07) is 0.617. The molecule has 0 saturated carbocycles. The molecule has 1 rings (SSSR count). The predicted octanol–water partition coefficient (Wildman–Crippen LogP) is 3.29. The molecule has 1 saturated heterocycles. The van der Waals surface area contributed by atoms with Crippen molar-refractivity contribution in [3.05, 3.63) is 0 Å². The van der Waals surface area contributed by atoms with Crippen molar-refractivity contribution in [1.82, 2.24) is 10.2 Å². The van der Waals surface area contributed by atoms with Crippen molar-refractivity contribution in [3.8, 4) is 0 Å². The predicted molar refractivity (Wildman–Crippen MR) is 87.3 cm³/mol. The highest BCUT2D eigenvalue weighted by atomic mass is 16.5. The summed E-state index contributed by atoms with van der Waals surface area (Å²) in [4.78, 5) is 2.68. The third-order valence-electron chi connectivity index (χ3n) is 4.30. The van der Waals surface area contributed by atoms with E-state index >= 15 is 0 Å². The quantitative estimate of drug-likeness (QED) is 0.595. The van der Waals surface area contributed by atoms with Gasteiger partial charge in [-0.15, -0.1) is 0 Å². The van der Waals surface area contributed by atoms with Crippen LogP contribution in [0.5, 0.6) is 0 Å². The van der Waals surface area contributed by atoms with Crippen LogP contribution in [0.3, 0.4) is 0 Å². The lowest BCUT2D eigenvalue weighted by Gasteiger charge is -2.31. The number of unbranched alkanes of at least 4 members (excludes halogenated alkanes) is 2. The van der Waals surface area contributed by atoms with Crippen molar-refractivity contribution in [2.24, 2.45) is 5.92 Å². The van der Waals surface area contributed by atoms with Gasteiger partial charge in [-0.2, -0.15) is 0 Å². The Morgan fingerprint density at radius 3 is 2.30 bits per heavy atom. The SMILES string of the molecule is CCCCN(CCCC)CC(NCCC)C1CCOC1. The van der Waals surface area contributed by atoms with Gasteiger partial charge in [0, 0.05) is 25.1 Å². The molecule has 0 amide bonds. The third kappa shape index (κ3) is 7.05. The van der Waals surface area contributed by atoms with Gasteiger partial charge in [-0.1, -0.05) is 33.6 Å². The van der Waals surface area contributed by atoms with E-state index in [2.05, 4.69) is 31.0 Å². The minimum atomic E-state index is 0.617. The molecule has 0 spiro atoms. The molecule has 20 heavy (non-hydrogen) atoms. The van der Waals surface area contributed by atoms with E-state index in [4.69, 9.17) is 4.74 Å². The van der Waals surface area contributed by atoms with E-state index in [9.17, 15) is 0 Å². The third-order valence-corrected chi connectivity index (χ3v) is 4.30. The Kier molecular flexibility index (Phi) is 10.3. The fourth-order valence-corrected chi connectivity index (χ4v) is 2.92. The van der Waals surface area contributed by atoms with E-state index in [0.717, 1.165) is 19.8 Å². The molecule has 3 nitrogen and oxygen atoms in total. The van der Waals surface area contributed by atoms with Gasteiger partial charge in [0.1, 0.15) is 0 Å². The molecule has 0 aromatic heterocycles. The summed E-state index contributed by atoms with van der Waals surface area (Å²) in [7, 11) is 0. The summed E-state index contributed by atoms with van der Waals surface area (Å²) in [5.41, 5.74) is 0. The van der Waals surface area contributed by atoms with E-state index in [0.29, 0.717) is 12.0 Å². The Hall–Kier alpha value is -0.120. The fraction of sp³-hybridized carbons (Fsp3) is 1.00. The molecule has 1 aliphatic heterocycles. The summed E-state index contributed by atoms with van der Waals surface area (Å²) in [5.74, 6) is 0.715. The first-order valence-corrected chi connectivity index (χ1v) is 8.85. The number of ether oxygens (including phenoxy) is 1. The lowest BCUT2D eigenvalue weighted by atomic mass is 9.98. The minimum Gasteiger partial charge on any atom is -0.381 e. The van der Waals surface area contributed by atoms with Crippen LogP contribution in [0.4, 0.5) is 0 Å². The van der Waals surface area contributed by atoms with Crippen molar-refractivity contribution in [3.63, 3.8) is 0 Å². The fourth-order valence-electron chi connectivity index (χ4n) is 2.92. The summed E-state index contributed by atoms with van der Waals surface area (Å²) >= 11 is 0. The molecule has 2 unspecified atom stereocenters. The van der Waals surface area contributed by atoms with Gasteiger partial charge in [0.15, 0.2) is 0 Å². The first-order valence-electron chi connectivity index (χ1n) is 8.85. The van der Waals surface area contributed by atoms with Gasteiger partial charge in [0.2, 0.25) is 0 Å². The van der Waals surface area contributed by atoms with Gasteiger partial charge in [-0.25, -0.2) is 0 Å². The highest BCUT2D eigenvalue weighted by Crippen LogP contribution is 2.18. The minimum absolute atomic E-state index is 0.617. The first-order chi connectivity index (χ1) is 9.81. The van der Waals surface area contributed by atoms with Crippen molar-refractivity contribution in [2.45, 2.75) is 65.3 Å². The first kappa shape index (κ1) is 17.9. The summed E-state index contributed by atoms with van der Waals surface area (Å²) < 4.78 is 5.60. The highest BCUT2D eigenvalue weighted by molar-refractivity contribution is 4.82. The lowest BCUT2D eigenvalue weighted by molar-refractivity contribution is 0.159. The van der Waals surface area contributed by atoms with Gasteiger partial charge < -0.3 is 15.0 Å². The maximum atomic E-state index is 5.60. The Balaban J connectivity index is 2.47. The average Bonchev–Trinajstić information content (AvgIpc) is 2.99. The van der Waals surface area contributed by atoms with E-state index in [1.807, 2.05) is 0 Å². The number of hydrogen-bond acceptors (Lipinski definition) is 3. The van der Waals surface area contributed by atoms with Gasteiger partial charge in [-0.3, -0.25) is 0 Å². The molecule has 0 radical (unpaired) electrons. The van der Waals surface area contributed by atoms with E-state index in [-0.39, 0.29) is 0 Å². The Labute approximate surface area is 126 Å². The second-order valence-electron chi connectivity index (χ2n) is 6.19. The van der Waals surface area contributed by atoms with E-state index in [1.54, 1.807) is 0 Å². The largest absolute Gasteiger partial charge is 0.381 e. The van der Waals surface area contributed by atoms with Gasteiger partial charge >= 0.3 is 0 Å². The average molecular weight is 284 g/mol. The highest BCUT2D eigenvalue weighted by Gasteiger charge is 2.26. The van der Waals surface area contributed by atoms with E-state index < -0.39 is 0 Å². The molecule has 3 heteroatoms. The maximum absolute atomic E-state index is 5.60. The lowest BCUT2D eigenvalue weighted by Crippen LogP contribution is -2.46. The number of nitrogens with zero attached hydrogens (tertiary/aromatic N) is 1. The van der Waals surface area contributed by atoms with Crippen LogP contribution in [0.1, 0.15) is 59.3 Å². The number of rotatable bonds is 12. The molecule has 1 aliphatic rings. The zero-order valence-corrected chi connectivity index (χ0v) is 14.0. The standard InChI is InChI=1S/C17H36N2O/c1-4-7-11-19(12-8-5-2)14-17(18-10-6-3)16-9-13-20-15-16/h16-18H,4-15H2,1-3H3. The molecule has 0 bridgehead atoms. The van der Waals surface area contributed by atoms with Crippen LogP contribution in [0.2, 0.25) is 0 Å². The van der Waals surface area contributed by atoms with Crippen molar-refractivity contribution >= 4 is 0 Å². The topological polar surface area (TPSA) is 24.5 Å². The van der Waals surface area contributed by atoms with Crippen molar-refractivity contribution in [1.29, 1.82) is 0 Å². The normalized spacial score (nSPS) is 20.7. The van der Waals surface area contributed by atoms with Gasteiger partial charge in [0.25, 0.3) is 0 Å². The monoisotopic (exact) mass is 284 g/mol. The molecule has 0 aliphatic carbocycles. The molecule has 1 N–H and O–H groups in total. The second-order valence-corrected chi connectivity index (χ2v) is 6.19. The zero-order chi connectivity index (χ0) is 14.6. The summed E-state index contributed by atoms with van der Waals surface area (Å²) in [6.45, 7) is 13.6. The smallest absolute Gasteiger partial charge is 0.0510 e. The Morgan fingerprint density at radius 2 is 1.80 bits per heavy atom. The summed E-state index contributed by atoms with van der Waals surface area (Å²) in [5, 5.41) is 3.77. The molecule has 1 heterocycles. The molecule has 0 aromatic rings. The van der Waals surface area contributed by atoms with Crippen LogP contribution in [-0.4, -0.2) is 50.3 Å². The Morgan fingerprint density at radius 1 is 1.10 bits per heavy atom. The maximum Gasteiger partial charge on any atom is 0.0510 e. The number of hydrogen-bond donors (Lipinski definition) is 1. The molecule has 2 atom stereocenters. The van der Waals surface area contributed by atoms with Crippen LogP contribution in [0.25, 0.3) is 0 Å². The van der Waals surface area contributed by atoms with Crippen molar-refractivity contribution in [2.75, 3.05) is 39.4 Å². The molecular weight excluding hydrogens is 248 g/mol. The second kappa shape index (κ2) is 11.5.